The maximum absolute atomic E-state index is 12.0. The highest BCUT2D eigenvalue weighted by Crippen LogP contribution is 2.15. The van der Waals surface area contributed by atoms with Gasteiger partial charge in [0.15, 0.2) is 0 Å². The Kier molecular flexibility index (Phi) is 6.77. The van der Waals surface area contributed by atoms with Crippen molar-refractivity contribution in [1.82, 2.24) is 0 Å². The Morgan fingerprint density at radius 1 is 1.05 bits per heavy atom. The Balaban J connectivity index is 2.70. The molecular weight excluding hydrogens is 256 g/mol. The molecule has 0 spiro atoms. The summed E-state index contributed by atoms with van der Waals surface area (Å²) in [5.74, 6) is -0.992. The predicted molar refractivity (Wildman–Crippen MR) is 76.9 cm³/mol. The predicted octanol–water partition coefficient (Wildman–Crippen LogP) is 3.52. The maximum Gasteiger partial charge on any atom is 0.339 e. The Morgan fingerprint density at radius 3 is 2.45 bits per heavy atom. The molecule has 110 valence electrons. The second-order valence-corrected chi connectivity index (χ2v) is 4.74. The number of ether oxygens (including phenoxy) is 2. The average molecular weight is 278 g/mol. The van der Waals surface area contributed by atoms with Crippen LogP contribution >= 0.6 is 0 Å². The molecule has 0 atom stereocenters. The van der Waals surface area contributed by atoms with Gasteiger partial charge in [0.05, 0.1) is 24.8 Å². The van der Waals surface area contributed by atoms with E-state index >= 15 is 0 Å². The molecule has 1 rings (SSSR count). The zero-order valence-corrected chi connectivity index (χ0v) is 12.4. The van der Waals surface area contributed by atoms with Crippen LogP contribution in [0.25, 0.3) is 0 Å². The van der Waals surface area contributed by atoms with Crippen LogP contribution in [0.5, 0.6) is 0 Å². The largest absolute Gasteiger partial charge is 0.465 e. The Labute approximate surface area is 120 Å². The van der Waals surface area contributed by atoms with Crippen LogP contribution in [0.2, 0.25) is 0 Å². The number of hydrogen-bond acceptors (Lipinski definition) is 4. The topological polar surface area (TPSA) is 52.6 Å². The highest BCUT2D eigenvalue weighted by Gasteiger charge is 2.18. The minimum atomic E-state index is -0.522. The molecule has 0 N–H and O–H groups in total. The number of hydrogen-bond donors (Lipinski definition) is 0. The van der Waals surface area contributed by atoms with E-state index in [9.17, 15) is 9.59 Å². The first-order valence-corrected chi connectivity index (χ1v) is 6.96. The summed E-state index contributed by atoms with van der Waals surface area (Å²) >= 11 is 0. The molecular formula is C16H22O4. The summed E-state index contributed by atoms with van der Waals surface area (Å²) in [5.41, 5.74) is 1.41. The molecule has 0 aliphatic carbocycles. The van der Waals surface area contributed by atoms with Crippen molar-refractivity contribution in [3.05, 3.63) is 34.9 Å². The van der Waals surface area contributed by atoms with Crippen LogP contribution in [0.1, 0.15) is 58.9 Å². The highest BCUT2D eigenvalue weighted by molar-refractivity contribution is 6.03. The van der Waals surface area contributed by atoms with E-state index in [1.165, 1.54) is 7.11 Å². The van der Waals surface area contributed by atoms with Gasteiger partial charge in [-0.05, 0) is 25.5 Å². The number of methoxy groups -OCH3 is 1. The lowest BCUT2D eigenvalue weighted by Gasteiger charge is -2.09. The van der Waals surface area contributed by atoms with Gasteiger partial charge in [-0.1, -0.05) is 37.8 Å². The van der Waals surface area contributed by atoms with Crippen LogP contribution in [0.15, 0.2) is 18.2 Å². The summed E-state index contributed by atoms with van der Waals surface area (Å²) in [6.45, 7) is 4.36. The van der Waals surface area contributed by atoms with Crippen LogP contribution in [-0.4, -0.2) is 25.7 Å². The number of unbranched alkanes of at least 4 members (excludes halogenated alkanes) is 3. The van der Waals surface area contributed by atoms with Crippen LogP contribution in [0.3, 0.4) is 0 Å². The van der Waals surface area contributed by atoms with Crippen molar-refractivity contribution in [2.75, 3.05) is 13.7 Å². The molecule has 0 aliphatic heterocycles. The van der Waals surface area contributed by atoms with E-state index in [1.54, 1.807) is 18.2 Å². The zero-order valence-electron chi connectivity index (χ0n) is 12.4. The third-order valence-corrected chi connectivity index (χ3v) is 3.03. The normalized spacial score (nSPS) is 10.2. The molecule has 4 heteroatoms. The fraction of sp³-hybridized carbons (Fsp3) is 0.500. The molecule has 0 fully saturated rings. The van der Waals surface area contributed by atoms with Crippen LogP contribution < -0.4 is 0 Å². The van der Waals surface area contributed by atoms with Crippen molar-refractivity contribution in [1.29, 1.82) is 0 Å². The van der Waals surface area contributed by atoms with Crippen molar-refractivity contribution in [3.63, 3.8) is 0 Å². The number of rotatable bonds is 7. The van der Waals surface area contributed by atoms with Crippen LogP contribution in [-0.2, 0) is 9.47 Å². The van der Waals surface area contributed by atoms with Gasteiger partial charge in [-0.25, -0.2) is 9.59 Å². The van der Waals surface area contributed by atoms with Gasteiger partial charge in [0.1, 0.15) is 0 Å². The van der Waals surface area contributed by atoms with E-state index in [1.807, 2.05) is 6.92 Å². The minimum absolute atomic E-state index is 0.256. The summed E-state index contributed by atoms with van der Waals surface area (Å²) in [6.07, 6.45) is 4.16. The molecule has 1 aromatic rings. The first kappa shape index (κ1) is 16.2. The highest BCUT2D eigenvalue weighted by atomic mass is 16.5. The fourth-order valence-electron chi connectivity index (χ4n) is 1.89. The van der Waals surface area contributed by atoms with Gasteiger partial charge in [-0.3, -0.25) is 0 Å². The van der Waals surface area contributed by atoms with Crippen molar-refractivity contribution in [2.24, 2.45) is 0 Å². The molecule has 20 heavy (non-hydrogen) atoms. The van der Waals surface area contributed by atoms with Gasteiger partial charge in [-0.2, -0.15) is 0 Å². The second-order valence-electron chi connectivity index (χ2n) is 4.74. The Morgan fingerprint density at radius 2 is 1.80 bits per heavy atom. The first-order chi connectivity index (χ1) is 9.60. The number of esters is 2. The van der Waals surface area contributed by atoms with Gasteiger partial charge < -0.3 is 9.47 Å². The third kappa shape index (κ3) is 4.68. The molecule has 0 saturated carbocycles. The van der Waals surface area contributed by atoms with E-state index in [-0.39, 0.29) is 11.1 Å². The fourth-order valence-corrected chi connectivity index (χ4v) is 1.89. The maximum atomic E-state index is 12.0. The standard InChI is InChI=1S/C16H22O4/c1-4-5-6-7-10-20-16(18)13-9-8-12(2)11-14(13)15(17)19-3/h8-9,11H,4-7,10H2,1-3H3. The third-order valence-electron chi connectivity index (χ3n) is 3.03. The molecule has 0 saturated heterocycles. The molecule has 0 bridgehead atoms. The summed E-state index contributed by atoms with van der Waals surface area (Å²) in [6, 6.07) is 5.02. The van der Waals surface area contributed by atoms with Gasteiger partial charge in [0.2, 0.25) is 0 Å². The molecule has 4 nitrogen and oxygen atoms in total. The summed E-state index contributed by atoms with van der Waals surface area (Å²) in [7, 11) is 1.30. The van der Waals surface area contributed by atoms with Crippen molar-refractivity contribution in [2.45, 2.75) is 39.5 Å². The monoisotopic (exact) mass is 278 g/mol. The lowest BCUT2D eigenvalue weighted by atomic mass is 10.0. The summed E-state index contributed by atoms with van der Waals surface area (Å²) < 4.78 is 9.90. The van der Waals surface area contributed by atoms with Gasteiger partial charge in [0, 0.05) is 0 Å². The van der Waals surface area contributed by atoms with Gasteiger partial charge in [0.25, 0.3) is 0 Å². The molecule has 0 aliphatic rings. The molecule has 1 aromatic carbocycles. The molecule has 0 aromatic heterocycles. The molecule has 0 heterocycles. The van der Waals surface area contributed by atoms with E-state index in [0.717, 1.165) is 31.2 Å². The smallest absolute Gasteiger partial charge is 0.339 e. The SMILES string of the molecule is CCCCCCOC(=O)c1ccc(C)cc1C(=O)OC. The quantitative estimate of drug-likeness (QED) is 0.565. The van der Waals surface area contributed by atoms with Gasteiger partial charge in [-0.15, -0.1) is 0 Å². The lowest BCUT2D eigenvalue weighted by molar-refractivity contribution is 0.0480. The Bertz CT molecular complexity index is 466. The average Bonchev–Trinajstić information content (AvgIpc) is 2.45. The number of carbonyl (C=O) groups excluding carboxylic acids is 2. The summed E-state index contributed by atoms with van der Waals surface area (Å²) in [5, 5.41) is 0. The van der Waals surface area contributed by atoms with Crippen LogP contribution in [0, 0.1) is 6.92 Å². The summed E-state index contributed by atoms with van der Waals surface area (Å²) in [4.78, 5) is 23.7. The first-order valence-electron chi connectivity index (χ1n) is 6.96. The molecule has 0 amide bonds. The van der Waals surface area contributed by atoms with E-state index < -0.39 is 11.9 Å². The number of aryl methyl sites for hydroxylation is 1. The zero-order chi connectivity index (χ0) is 15.0. The van der Waals surface area contributed by atoms with Crippen molar-refractivity contribution >= 4 is 11.9 Å². The number of carbonyl (C=O) groups is 2. The molecule has 0 unspecified atom stereocenters. The minimum Gasteiger partial charge on any atom is -0.465 e. The second kappa shape index (κ2) is 8.35. The number of benzene rings is 1. The molecule has 0 radical (unpaired) electrons. The van der Waals surface area contributed by atoms with E-state index in [2.05, 4.69) is 6.92 Å². The van der Waals surface area contributed by atoms with Crippen molar-refractivity contribution in [3.8, 4) is 0 Å². The van der Waals surface area contributed by atoms with Crippen molar-refractivity contribution < 1.29 is 19.1 Å². The van der Waals surface area contributed by atoms with Crippen LogP contribution in [0.4, 0.5) is 0 Å². The van der Waals surface area contributed by atoms with E-state index in [4.69, 9.17) is 9.47 Å². The van der Waals surface area contributed by atoms with E-state index in [0.29, 0.717) is 6.61 Å². The Hall–Kier alpha value is -1.84. The van der Waals surface area contributed by atoms with Gasteiger partial charge >= 0.3 is 11.9 Å². The lowest BCUT2D eigenvalue weighted by Crippen LogP contribution is -2.14.